The molecule has 0 saturated heterocycles. The van der Waals surface area contributed by atoms with Gasteiger partial charge >= 0.3 is 0 Å². The molecule has 0 radical (unpaired) electrons. The fourth-order valence-corrected chi connectivity index (χ4v) is 1.22. The molecular weight excluding hydrogens is 162 g/mol. The molecule has 0 amide bonds. The zero-order valence-electron chi connectivity index (χ0n) is 8.59. The van der Waals surface area contributed by atoms with Gasteiger partial charge in [-0.05, 0) is 12.8 Å². The highest BCUT2D eigenvalue weighted by atomic mass is 16.1. The summed E-state index contributed by atoms with van der Waals surface area (Å²) in [6.45, 7) is 5.72. The van der Waals surface area contributed by atoms with Crippen molar-refractivity contribution in [1.29, 1.82) is 0 Å². The van der Waals surface area contributed by atoms with Crippen molar-refractivity contribution < 1.29 is 4.79 Å². The van der Waals surface area contributed by atoms with Gasteiger partial charge in [-0.25, -0.2) is 0 Å². The highest BCUT2D eigenvalue weighted by molar-refractivity contribution is 5.83. The summed E-state index contributed by atoms with van der Waals surface area (Å²) in [6, 6.07) is -0.320. The molecule has 0 aromatic heterocycles. The van der Waals surface area contributed by atoms with E-state index in [0.29, 0.717) is 12.8 Å². The lowest BCUT2D eigenvalue weighted by molar-refractivity contribution is -0.120. The van der Waals surface area contributed by atoms with E-state index in [1.807, 2.05) is 0 Å². The van der Waals surface area contributed by atoms with Gasteiger partial charge in [-0.2, -0.15) is 0 Å². The maximum absolute atomic E-state index is 11.3. The summed E-state index contributed by atoms with van der Waals surface area (Å²) in [7, 11) is 0. The van der Waals surface area contributed by atoms with Crippen LogP contribution in [0.25, 0.3) is 0 Å². The number of carbonyl (C=O) groups is 1. The van der Waals surface area contributed by atoms with E-state index in [2.05, 4.69) is 13.5 Å². The molecule has 0 aromatic rings. The van der Waals surface area contributed by atoms with Crippen molar-refractivity contribution in [2.45, 2.75) is 51.5 Å². The van der Waals surface area contributed by atoms with E-state index in [1.54, 1.807) is 6.08 Å². The van der Waals surface area contributed by atoms with Gasteiger partial charge in [-0.3, -0.25) is 4.79 Å². The first-order valence-corrected chi connectivity index (χ1v) is 5.11. The third-order valence-corrected chi connectivity index (χ3v) is 2.11. The van der Waals surface area contributed by atoms with Crippen molar-refractivity contribution >= 4 is 5.78 Å². The quantitative estimate of drug-likeness (QED) is 0.464. The molecule has 0 aliphatic rings. The first-order valence-electron chi connectivity index (χ1n) is 5.11. The number of Topliss-reactive ketones (excluding diaryl/α,β-unsaturated/α-hetero) is 1. The summed E-state index contributed by atoms with van der Waals surface area (Å²) in [5.41, 5.74) is 5.62. The Morgan fingerprint density at radius 3 is 2.69 bits per heavy atom. The predicted octanol–water partition coefficient (Wildman–Crippen LogP) is 2.43. The SMILES string of the molecule is C=CCC(N)C(=O)CCCCCC. The van der Waals surface area contributed by atoms with Crippen LogP contribution in [0.5, 0.6) is 0 Å². The molecule has 0 saturated carbocycles. The maximum Gasteiger partial charge on any atom is 0.149 e. The number of carbonyl (C=O) groups excluding carboxylic acids is 1. The maximum atomic E-state index is 11.3. The monoisotopic (exact) mass is 183 g/mol. The molecule has 1 atom stereocenters. The lowest BCUT2D eigenvalue weighted by Gasteiger charge is -2.06. The van der Waals surface area contributed by atoms with Gasteiger partial charge in [0.15, 0.2) is 0 Å². The van der Waals surface area contributed by atoms with Gasteiger partial charge in [0, 0.05) is 6.42 Å². The van der Waals surface area contributed by atoms with Gasteiger partial charge < -0.3 is 5.73 Å². The number of ketones is 1. The molecule has 2 N–H and O–H groups in total. The second kappa shape index (κ2) is 7.99. The van der Waals surface area contributed by atoms with Crippen molar-refractivity contribution in [3.8, 4) is 0 Å². The third kappa shape index (κ3) is 6.52. The second-order valence-corrected chi connectivity index (χ2v) is 3.41. The first kappa shape index (κ1) is 12.4. The molecule has 2 nitrogen and oxygen atoms in total. The average Bonchev–Trinajstić information content (AvgIpc) is 2.12. The van der Waals surface area contributed by atoms with Crippen LogP contribution in [0, 0.1) is 0 Å². The van der Waals surface area contributed by atoms with Crippen LogP contribution in [0.4, 0.5) is 0 Å². The molecule has 0 aliphatic heterocycles. The van der Waals surface area contributed by atoms with Crippen LogP contribution in [0.1, 0.15) is 45.4 Å². The average molecular weight is 183 g/mol. The summed E-state index contributed by atoms with van der Waals surface area (Å²) in [4.78, 5) is 11.3. The number of hydrogen-bond acceptors (Lipinski definition) is 2. The van der Waals surface area contributed by atoms with Crippen molar-refractivity contribution in [2.75, 3.05) is 0 Å². The summed E-state index contributed by atoms with van der Waals surface area (Å²) >= 11 is 0. The molecule has 0 aliphatic carbocycles. The lowest BCUT2D eigenvalue weighted by Crippen LogP contribution is -2.29. The molecule has 0 rings (SSSR count). The normalized spacial score (nSPS) is 12.5. The Labute approximate surface area is 81.2 Å². The van der Waals surface area contributed by atoms with E-state index in [9.17, 15) is 4.79 Å². The minimum atomic E-state index is -0.320. The zero-order chi connectivity index (χ0) is 10.1. The molecule has 0 heterocycles. The number of hydrogen-bond donors (Lipinski definition) is 1. The molecular formula is C11H21NO. The van der Waals surface area contributed by atoms with Crippen LogP contribution in [0.15, 0.2) is 12.7 Å². The minimum absolute atomic E-state index is 0.177. The summed E-state index contributed by atoms with van der Waals surface area (Å²) < 4.78 is 0. The Morgan fingerprint density at radius 1 is 1.46 bits per heavy atom. The Hall–Kier alpha value is -0.630. The summed E-state index contributed by atoms with van der Waals surface area (Å²) in [6.07, 6.45) is 7.48. The van der Waals surface area contributed by atoms with Gasteiger partial charge in [0.2, 0.25) is 0 Å². The standard InChI is InChI=1S/C11H21NO/c1-3-5-6-7-9-11(13)10(12)8-4-2/h4,10H,2-3,5-9,12H2,1H3. The Morgan fingerprint density at radius 2 is 2.15 bits per heavy atom. The molecule has 0 aromatic carbocycles. The largest absolute Gasteiger partial charge is 0.321 e. The van der Waals surface area contributed by atoms with Gasteiger partial charge in [0.05, 0.1) is 6.04 Å². The lowest BCUT2D eigenvalue weighted by atomic mass is 10.0. The molecule has 76 valence electrons. The molecule has 0 bridgehead atoms. The number of rotatable bonds is 8. The fraction of sp³-hybridized carbons (Fsp3) is 0.727. The molecule has 0 fully saturated rings. The van der Waals surface area contributed by atoms with Crippen molar-refractivity contribution in [2.24, 2.45) is 5.73 Å². The van der Waals surface area contributed by atoms with Crippen LogP contribution in [-0.2, 0) is 4.79 Å². The minimum Gasteiger partial charge on any atom is -0.321 e. The fourth-order valence-electron chi connectivity index (χ4n) is 1.22. The van der Waals surface area contributed by atoms with Crippen LogP contribution < -0.4 is 5.73 Å². The van der Waals surface area contributed by atoms with E-state index in [0.717, 1.165) is 12.8 Å². The molecule has 0 spiro atoms. The summed E-state index contributed by atoms with van der Waals surface area (Å²) in [5.74, 6) is 0.177. The molecule has 2 heteroatoms. The Balaban J connectivity index is 3.44. The Bertz CT molecular complexity index is 154. The van der Waals surface area contributed by atoms with Crippen LogP contribution in [0.3, 0.4) is 0 Å². The van der Waals surface area contributed by atoms with Crippen molar-refractivity contribution in [1.82, 2.24) is 0 Å². The van der Waals surface area contributed by atoms with E-state index in [4.69, 9.17) is 5.73 Å². The predicted molar refractivity (Wildman–Crippen MR) is 56.6 cm³/mol. The van der Waals surface area contributed by atoms with E-state index in [1.165, 1.54) is 12.8 Å². The van der Waals surface area contributed by atoms with E-state index < -0.39 is 0 Å². The number of unbranched alkanes of at least 4 members (excludes halogenated alkanes) is 3. The highest BCUT2D eigenvalue weighted by Crippen LogP contribution is 2.05. The van der Waals surface area contributed by atoms with Gasteiger partial charge in [-0.1, -0.05) is 32.3 Å². The Kier molecular flexibility index (Phi) is 7.60. The van der Waals surface area contributed by atoms with Crippen molar-refractivity contribution in [3.63, 3.8) is 0 Å². The van der Waals surface area contributed by atoms with Gasteiger partial charge in [0.25, 0.3) is 0 Å². The zero-order valence-corrected chi connectivity index (χ0v) is 8.59. The smallest absolute Gasteiger partial charge is 0.149 e. The number of nitrogens with two attached hydrogens (primary N) is 1. The van der Waals surface area contributed by atoms with Gasteiger partial charge in [-0.15, -0.1) is 6.58 Å². The van der Waals surface area contributed by atoms with E-state index in [-0.39, 0.29) is 11.8 Å². The van der Waals surface area contributed by atoms with E-state index >= 15 is 0 Å². The van der Waals surface area contributed by atoms with Crippen LogP contribution in [0.2, 0.25) is 0 Å². The molecule has 1 unspecified atom stereocenters. The first-order chi connectivity index (χ1) is 6.22. The second-order valence-electron chi connectivity index (χ2n) is 3.41. The highest BCUT2D eigenvalue weighted by Gasteiger charge is 2.10. The summed E-state index contributed by atoms with van der Waals surface area (Å²) in [5, 5.41) is 0. The molecule has 13 heavy (non-hydrogen) atoms. The van der Waals surface area contributed by atoms with Crippen LogP contribution in [-0.4, -0.2) is 11.8 Å². The van der Waals surface area contributed by atoms with Crippen LogP contribution >= 0.6 is 0 Å². The third-order valence-electron chi connectivity index (χ3n) is 2.11. The topological polar surface area (TPSA) is 43.1 Å². The van der Waals surface area contributed by atoms with Crippen molar-refractivity contribution in [3.05, 3.63) is 12.7 Å². The van der Waals surface area contributed by atoms with Gasteiger partial charge in [0.1, 0.15) is 5.78 Å².